The van der Waals surface area contributed by atoms with E-state index in [4.69, 9.17) is 15.0 Å². The fourth-order valence-electron chi connectivity index (χ4n) is 9.97. The molecule has 32 heavy (non-hydrogen) atoms. The molecule has 5 rings (SSSR count). The first kappa shape index (κ1) is 23.0. The van der Waals surface area contributed by atoms with Crippen LogP contribution in [0.5, 0.6) is 0 Å². The van der Waals surface area contributed by atoms with Crippen molar-refractivity contribution in [3.8, 4) is 0 Å². The van der Waals surface area contributed by atoms with Crippen molar-refractivity contribution in [2.45, 2.75) is 123 Å². The lowest BCUT2D eigenvalue weighted by atomic mass is 9.43. The predicted octanol–water partition coefficient (Wildman–Crippen LogP) is 7.50. The van der Waals surface area contributed by atoms with E-state index in [-0.39, 0.29) is 23.7 Å². The Balaban J connectivity index is 1.51. The second-order valence-electron chi connectivity index (χ2n) is 13.1. The fraction of sp³-hybridized carbons (Fsp3) is 1.00. The molecule has 0 spiro atoms. The third-order valence-corrected chi connectivity index (χ3v) is 11.2. The number of fused-ring (bicyclic) bond motifs is 8. The Morgan fingerprint density at radius 3 is 2.34 bits per heavy atom. The standard InChI is InChI=1S/C27H45N3O2/c1-7-8-16(2)18-9-10-19-22-20(12-14-26(18,19)5)27(6)13-11-17(29-30-28)15-21(27)23-24(22)32-25(3,4)31-23/h16-24H,7-15H2,1-6H3/t16-,17+,18-,19?,20?,21?,22?,23-,24-,26-,27-/m1/s1. The van der Waals surface area contributed by atoms with Crippen LogP contribution in [0.3, 0.4) is 0 Å². The van der Waals surface area contributed by atoms with Crippen LogP contribution in [0, 0.1) is 46.3 Å². The van der Waals surface area contributed by atoms with Crippen molar-refractivity contribution < 1.29 is 9.47 Å². The maximum absolute atomic E-state index is 9.08. The van der Waals surface area contributed by atoms with E-state index in [1.807, 2.05) is 0 Å². The summed E-state index contributed by atoms with van der Waals surface area (Å²) in [5, 5.41) is 4.16. The molecule has 1 heterocycles. The van der Waals surface area contributed by atoms with Crippen LogP contribution in [-0.4, -0.2) is 24.0 Å². The van der Waals surface area contributed by atoms with E-state index in [0.29, 0.717) is 23.2 Å². The zero-order chi connectivity index (χ0) is 22.9. The predicted molar refractivity (Wildman–Crippen MR) is 127 cm³/mol. The van der Waals surface area contributed by atoms with Crippen molar-refractivity contribution in [1.29, 1.82) is 0 Å². The summed E-state index contributed by atoms with van der Waals surface area (Å²) in [4.78, 5) is 3.16. The summed E-state index contributed by atoms with van der Waals surface area (Å²) in [5.74, 6) is 3.66. The molecular weight excluding hydrogens is 398 g/mol. The van der Waals surface area contributed by atoms with Gasteiger partial charge in [-0.15, -0.1) is 0 Å². The molecular formula is C27H45N3O2. The van der Waals surface area contributed by atoms with Crippen LogP contribution in [0.1, 0.15) is 99.3 Å². The summed E-state index contributed by atoms with van der Waals surface area (Å²) >= 11 is 0. The highest BCUT2D eigenvalue weighted by Gasteiger charge is 2.68. The van der Waals surface area contributed by atoms with E-state index >= 15 is 0 Å². The summed E-state index contributed by atoms with van der Waals surface area (Å²) in [6.45, 7) is 14.3. The normalized spacial score (nSPS) is 52.2. The van der Waals surface area contributed by atoms with Gasteiger partial charge in [0.2, 0.25) is 0 Å². The third-order valence-electron chi connectivity index (χ3n) is 11.2. The van der Waals surface area contributed by atoms with Gasteiger partial charge in [-0.25, -0.2) is 0 Å². The van der Waals surface area contributed by atoms with E-state index < -0.39 is 5.79 Å². The van der Waals surface area contributed by atoms with E-state index in [2.05, 4.69) is 51.6 Å². The summed E-state index contributed by atoms with van der Waals surface area (Å²) in [6.07, 6.45) is 11.6. The minimum absolute atomic E-state index is 0.113. The Morgan fingerprint density at radius 2 is 1.62 bits per heavy atom. The molecule has 11 atom stereocenters. The average Bonchev–Trinajstić information content (AvgIpc) is 3.24. The molecule has 5 fully saturated rings. The number of azide groups is 1. The van der Waals surface area contributed by atoms with Gasteiger partial charge in [0.25, 0.3) is 0 Å². The van der Waals surface area contributed by atoms with Gasteiger partial charge in [0.1, 0.15) is 0 Å². The molecule has 0 N–H and O–H groups in total. The van der Waals surface area contributed by atoms with Crippen LogP contribution in [0.2, 0.25) is 0 Å². The molecule has 5 nitrogen and oxygen atoms in total. The Labute approximate surface area is 195 Å². The summed E-state index contributed by atoms with van der Waals surface area (Å²) in [7, 11) is 0. The highest BCUT2D eigenvalue weighted by molar-refractivity contribution is 5.16. The van der Waals surface area contributed by atoms with Crippen molar-refractivity contribution in [2.75, 3.05) is 0 Å². The zero-order valence-electron chi connectivity index (χ0n) is 21.2. The minimum Gasteiger partial charge on any atom is -0.344 e. The molecule has 4 unspecified atom stereocenters. The SMILES string of the molecule is CCC[C@@H](C)[C@H]1CCC2C3C(CC[C@@]21C)[C@@]1(C)CC[C@H](N=[N+]=[N-])CC1[C@H]1OC(C)(C)O[C@H]31. The van der Waals surface area contributed by atoms with E-state index in [1.165, 1.54) is 38.5 Å². The van der Waals surface area contributed by atoms with E-state index in [9.17, 15) is 0 Å². The summed E-state index contributed by atoms with van der Waals surface area (Å²) < 4.78 is 13.5. The van der Waals surface area contributed by atoms with Gasteiger partial charge >= 0.3 is 0 Å². The topological polar surface area (TPSA) is 67.2 Å². The molecule has 4 saturated carbocycles. The van der Waals surface area contributed by atoms with Gasteiger partial charge < -0.3 is 9.47 Å². The molecule has 5 heteroatoms. The van der Waals surface area contributed by atoms with Gasteiger partial charge in [-0.05, 0) is 111 Å². The lowest BCUT2D eigenvalue weighted by Crippen LogP contribution is -2.63. The Bertz CT molecular complexity index is 779. The Kier molecular flexibility index (Phi) is 5.67. The molecule has 0 bridgehead atoms. The van der Waals surface area contributed by atoms with Crippen LogP contribution in [-0.2, 0) is 9.47 Å². The number of ether oxygens (including phenoxy) is 2. The molecule has 180 valence electrons. The van der Waals surface area contributed by atoms with Crippen LogP contribution >= 0.6 is 0 Å². The molecule has 5 aliphatic rings. The Hall–Kier alpha value is -0.770. The number of nitrogens with zero attached hydrogens (tertiary/aromatic N) is 3. The maximum Gasteiger partial charge on any atom is 0.163 e. The smallest absolute Gasteiger partial charge is 0.163 e. The van der Waals surface area contributed by atoms with Crippen molar-refractivity contribution >= 4 is 0 Å². The van der Waals surface area contributed by atoms with Gasteiger partial charge in [0, 0.05) is 11.0 Å². The quantitative estimate of drug-likeness (QED) is 0.256. The lowest BCUT2D eigenvalue weighted by Gasteiger charge is -2.63. The molecule has 0 aromatic heterocycles. The largest absolute Gasteiger partial charge is 0.344 e. The van der Waals surface area contributed by atoms with Gasteiger partial charge in [0.15, 0.2) is 5.79 Å². The minimum atomic E-state index is -0.516. The summed E-state index contributed by atoms with van der Waals surface area (Å²) in [6, 6.07) is 0.113. The molecule has 0 amide bonds. The second-order valence-corrected chi connectivity index (χ2v) is 13.1. The number of rotatable bonds is 4. The molecule has 0 aromatic rings. The lowest BCUT2D eigenvalue weighted by molar-refractivity contribution is -0.182. The van der Waals surface area contributed by atoms with Crippen LogP contribution in [0.4, 0.5) is 0 Å². The molecule has 0 radical (unpaired) electrons. The van der Waals surface area contributed by atoms with Gasteiger partial charge in [-0.1, -0.05) is 45.7 Å². The van der Waals surface area contributed by atoms with E-state index in [0.717, 1.165) is 37.0 Å². The van der Waals surface area contributed by atoms with Crippen molar-refractivity contribution in [2.24, 2.45) is 51.5 Å². The maximum atomic E-state index is 9.08. The average molecular weight is 444 g/mol. The van der Waals surface area contributed by atoms with Gasteiger partial charge in [-0.3, -0.25) is 0 Å². The van der Waals surface area contributed by atoms with Gasteiger partial charge in [-0.2, -0.15) is 0 Å². The van der Waals surface area contributed by atoms with Gasteiger partial charge in [0.05, 0.1) is 12.2 Å². The highest BCUT2D eigenvalue weighted by atomic mass is 16.8. The Morgan fingerprint density at radius 1 is 0.938 bits per heavy atom. The van der Waals surface area contributed by atoms with Crippen LogP contribution in [0.15, 0.2) is 5.11 Å². The first-order valence-corrected chi connectivity index (χ1v) is 13.5. The fourth-order valence-corrected chi connectivity index (χ4v) is 9.97. The summed E-state index contributed by atoms with van der Waals surface area (Å²) in [5.41, 5.74) is 9.79. The molecule has 1 saturated heterocycles. The van der Waals surface area contributed by atoms with Crippen LogP contribution in [0.25, 0.3) is 10.4 Å². The number of hydrogen-bond acceptors (Lipinski definition) is 3. The first-order valence-electron chi connectivity index (χ1n) is 13.5. The molecule has 0 aromatic carbocycles. The first-order chi connectivity index (χ1) is 15.1. The monoisotopic (exact) mass is 443 g/mol. The second kappa shape index (κ2) is 7.89. The van der Waals surface area contributed by atoms with Crippen LogP contribution < -0.4 is 0 Å². The highest BCUT2D eigenvalue weighted by Crippen LogP contribution is 2.70. The molecule has 1 aliphatic heterocycles. The van der Waals surface area contributed by atoms with E-state index in [1.54, 1.807) is 0 Å². The number of hydrogen-bond donors (Lipinski definition) is 0. The zero-order valence-corrected chi connectivity index (χ0v) is 21.2. The van der Waals surface area contributed by atoms with Crippen molar-refractivity contribution in [3.05, 3.63) is 10.4 Å². The molecule has 4 aliphatic carbocycles. The van der Waals surface area contributed by atoms with Crippen molar-refractivity contribution in [3.63, 3.8) is 0 Å². The van der Waals surface area contributed by atoms with Crippen molar-refractivity contribution in [1.82, 2.24) is 0 Å². The third kappa shape index (κ3) is 3.28.